The van der Waals surface area contributed by atoms with E-state index in [0.717, 1.165) is 5.69 Å². The van der Waals surface area contributed by atoms with Gasteiger partial charge in [-0.15, -0.1) is 0 Å². The molecule has 0 saturated heterocycles. The minimum absolute atomic E-state index is 0.246. The van der Waals surface area contributed by atoms with Gasteiger partial charge < -0.3 is 29.0 Å². The lowest BCUT2D eigenvalue weighted by Gasteiger charge is -2.31. The number of aliphatic hydroxyl groups is 1. The maximum absolute atomic E-state index is 12.4. The predicted octanol–water partition coefficient (Wildman–Crippen LogP) is 7.04. The Morgan fingerprint density at radius 2 is 0.933 bits per heavy atom. The fourth-order valence-electron chi connectivity index (χ4n) is 4.68. The Kier molecular flexibility index (Phi) is 12.1. The molecule has 0 heterocycles. The standard InChI is InChI=1S/C37H49NO7/c1-35(2,3)44-33(39)11-9-25-42-31-21-15-28(16-22-31)37(41,27-13-19-30(20-14-27)38(7)8)29-17-23-32(24-18-29)43-26-10-12-34(40)45-36(4,5)6/h13-24,41H,9-12,25-26H2,1-8H3. The van der Waals surface area contributed by atoms with Gasteiger partial charge in [0.05, 0.1) is 13.2 Å². The molecule has 0 saturated carbocycles. The lowest BCUT2D eigenvalue weighted by atomic mass is 9.80. The number of anilines is 1. The zero-order valence-electron chi connectivity index (χ0n) is 28.0. The van der Waals surface area contributed by atoms with Crippen molar-refractivity contribution in [3.05, 3.63) is 89.5 Å². The van der Waals surface area contributed by atoms with Gasteiger partial charge in [0.15, 0.2) is 0 Å². The van der Waals surface area contributed by atoms with Gasteiger partial charge in [0.2, 0.25) is 0 Å². The molecular weight excluding hydrogens is 570 g/mol. The number of carbonyl (C=O) groups is 2. The molecular formula is C37H49NO7. The molecule has 0 aromatic heterocycles. The molecule has 45 heavy (non-hydrogen) atoms. The molecule has 0 unspecified atom stereocenters. The van der Waals surface area contributed by atoms with Crippen LogP contribution in [0.15, 0.2) is 72.8 Å². The molecule has 0 radical (unpaired) electrons. The van der Waals surface area contributed by atoms with Gasteiger partial charge in [-0.25, -0.2) is 0 Å². The van der Waals surface area contributed by atoms with Crippen LogP contribution in [0.2, 0.25) is 0 Å². The van der Waals surface area contributed by atoms with Gasteiger partial charge in [0.1, 0.15) is 28.3 Å². The molecule has 0 atom stereocenters. The fraction of sp³-hybridized carbons (Fsp3) is 0.459. The highest BCUT2D eigenvalue weighted by atomic mass is 16.6. The van der Waals surface area contributed by atoms with Crippen LogP contribution in [0.4, 0.5) is 5.69 Å². The third-order valence-electron chi connectivity index (χ3n) is 6.77. The van der Waals surface area contributed by atoms with Crippen LogP contribution in [-0.2, 0) is 24.7 Å². The van der Waals surface area contributed by atoms with Crippen LogP contribution in [0, 0.1) is 0 Å². The van der Waals surface area contributed by atoms with E-state index in [0.29, 0.717) is 54.2 Å². The molecule has 1 N–H and O–H groups in total. The van der Waals surface area contributed by atoms with Crippen LogP contribution in [0.3, 0.4) is 0 Å². The zero-order valence-corrected chi connectivity index (χ0v) is 28.0. The van der Waals surface area contributed by atoms with Crippen LogP contribution < -0.4 is 14.4 Å². The number of hydrogen-bond acceptors (Lipinski definition) is 8. The Morgan fingerprint density at radius 3 is 1.24 bits per heavy atom. The summed E-state index contributed by atoms with van der Waals surface area (Å²) in [6, 6.07) is 22.5. The molecule has 3 rings (SSSR count). The van der Waals surface area contributed by atoms with Gasteiger partial charge in [0, 0.05) is 32.6 Å². The number of benzene rings is 3. The summed E-state index contributed by atoms with van der Waals surface area (Å²) in [7, 11) is 3.94. The number of nitrogens with zero attached hydrogens (tertiary/aromatic N) is 1. The molecule has 0 aliphatic heterocycles. The summed E-state index contributed by atoms with van der Waals surface area (Å²) in [5.41, 5.74) is 0.618. The summed E-state index contributed by atoms with van der Waals surface area (Å²) in [5, 5.41) is 12.4. The number of hydrogen-bond donors (Lipinski definition) is 1. The van der Waals surface area contributed by atoms with E-state index in [4.69, 9.17) is 18.9 Å². The Balaban J connectivity index is 1.72. The molecule has 3 aromatic carbocycles. The van der Waals surface area contributed by atoms with E-state index < -0.39 is 16.8 Å². The highest BCUT2D eigenvalue weighted by Crippen LogP contribution is 2.38. The molecule has 0 aliphatic rings. The van der Waals surface area contributed by atoms with E-state index in [-0.39, 0.29) is 24.8 Å². The van der Waals surface area contributed by atoms with Crippen LogP contribution in [0.25, 0.3) is 0 Å². The minimum Gasteiger partial charge on any atom is -0.494 e. The Bertz CT molecular complexity index is 1290. The van der Waals surface area contributed by atoms with Crippen molar-refractivity contribution in [2.75, 3.05) is 32.2 Å². The minimum atomic E-state index is -1.45. The molecule has 0 fully saturated rings. The molecule has 0 spiro atoms. The number of ether oxygens (including phenoxy) is 4. The van der Waals surface area contributed by atoms with Crippen LogP contribution in [0.1, 0.15) is 83.9 Å². The average molecular weight is 620 g/mol. The van der Waals surface area contributed by atoms with Crippen molar-refractivity contribution >= 4 is 17.6 Å². The van der Waals surface area contributed by atoms with Gasteiger partial charge in [0.25, 0.3) is 0 Å². The van der Waals surface area contributed by atoms with Gasteiger partial charge >= 0.3 is 11.9 Å². The molecule has 0 bridgehead atoms. The maximum Gasteiger partial charge on any atom is 0.306 e. The maximum atomic E-state index is 12.4. The van der Waals surface area contributed by atoms with Gasteiger partial charge in [-0.2, -0.15) is 0 Å². The van der Waals surface area contributed by atoms with E-state index in [1.807, 2.05) is 133 Å². The number of carbonyl (C=O) groups excluding carboxylic acids is 2. The van der Waals surface area contributed by atoms with Gasteiger partial charge in [-0.05, 0) is 107 Å². The largest absolute Gasteiger partial charge is 0.494 e. The first-order valence-electron chi connectivity index (χ1n) is 15.5. The van der Waals surface area contributed by atoms with Crippen molar-refractivity contribution in [3.8, 4) is 11.5 Å². The first-order valence-corrected chi connectivity index (χ1v) is 15.5. The second-order valence-corrected chi connectivity index (χ2v) is 13.3. The van der Waals surface area contributed by atoms with Crippen LogP contribution >= 0.6 is 0 Å². The first-order chi connectivity index (χ1) is 21.1. The van der Waals surface area contributed by atoms with Gasteiger partial charge in [-0.3, -0.25) is 9.59 Å². The normalized spacial score (nSPS) is 11.9. The molecule has 8 nitrogen and oxygen atoms in total. The second kappa shape index (κ2) is 15.3. The van der Waals surface area contributed by atoms with E-state index in [1.54, 1.807) is 0 Å². The van der Waals surface area contributed by atoms with Crippen molar-refractivity contribution in [2.24, 2.45) is 0 Å². The Hall–Kier alpha value is -4.04. The average Bonchev–Trinajstić information content (AvgIpc) is 2.96. The SMILES string of the molecule is CN(C)c1ccc(C(O)(c2ccc(OCCCC(=O)OC(C)(C)C)cc2)c2ccc(OCCCC(=O)OC(C)(C)C)cc2)cc1. The van der Waals surface area contributed by atoms with E-state index in [9.17, 15) is 14.7 Å². The van der Waals surface area contributed by atoms with Crippen LogP contribution in [0.5, 0.6) is 11.5 Å². The smallest absolute Gasteiger partial charge is 0.306 e. The highest BCUT2D eigenvalue weighted by Gasteiger charge is 2.34. The van der Waals surface area contributed by atoms with Crippen molar-refractivity contribution in [3.63, 3.8) is 0 Å². The highest BCUT2D eigenvalue weighted by molar-refractivity contribution is 5.70. The molecule has 0 aliphatic carbocycles. The summed E-state index contributed by atoms with van der Waals surface area (Å²) >= 11 is 0. The molecule has 8 heteroatoms. The van der Waals surface area contributed by atoms with Crippen molar-refractivity contribution in [1.29, 1.82) is 0 Å². The Morgan fingerprint density at radius 1 is 0.600 bits per heavy atom. The topological polar surface area (TPSA) is 94.5 Å². The van der Waals surface area contributed by atoms with E-state index >= 15 is 0 Å². The summed E-state index contributed by atoms with van der Waals surface area (Å²) in [4.78, 5) is 26.0. The third kappa shape index (κ3) is 11.1. The lowest BCUT2D eigenvalue weighted by Crippen LogP contribution is -2.29. The summed E-state index contributed by atoms with van der Waals surface area (Å²) in [6.07, 6.45) is 1.63. The monoisotopic (exact) mass is 619 g/mol. The fourth-order valence-corrected chi connectivity index (χ4v) is 4.68. The van der Waals surface area contributed by atoms with Crippen molar-refractivity contribution in [2.45, 2.75) is 84.0 Å². The zero-order chi connectivity index (χ0) is 33.3. The van der Waals surface area contributed by atoms with Crippen molar-refractivity contribution in [1.82, 2.24) is 0 Å². The quantitative estimate of drug-likeness (QED) is 0.117. The van der Waals surface area contributed by atoms with E-state index in [2.05, 4.69) is 0 Å². The molecule has 0 amide bonds. The first kappa shape index (κ1) is 35.4. The Labute approximate surface area is 268 Å². The summed E-state index contributed by atoms with van der Waals surface area (Å²) in [6.45, 7) is 11.8. The predicted molar refractivity (Wildman–Crippen MR) is 177 cm³/mol. The van der Waals surface area contributed by atoms with E-state index in [1.165, 1.54) is 0 Å². The molecule has 3 aromatic rings. The number of rotatable bonds is 14. The summed E-state index contributed by atoms with van der Waals surface area (Å²) < 4.78 is 22.4. The third-order valence-corrected chi connectivity index (χ3v) is 6.77. The van der Waals surface area contributed by atoms with Crippen LogP contribution in [-0.4, -0.2) is 55.6 Å². The number of esters is 2. The van der Waals surface area contributed by atoms with Gasteiger partial charge in [-0.1, -0.05) is 36.4 Å². The second-order valence-electron chi connectivity index (χ2n) is 13.3. The van der Waals surface area contributed by atoms with Crippen molar-refractivity contribution < 1.29 is 33.6 Å². The lowest BCUT2D eigenvalue weighted by molar-refractivity contribution is -0.156. The summed E-state index contributed by atoms with van der Waals surface area (Å²) in [5.74, 6) is 0.791. The molecule has 244 valence electrons.